The Morgan fingerprint density at radius 2 is 0.691 bits per heavy atom. The van der Waals surface area contributed by atoms with Gasteiger partial charge in [-0.3, -0.25) is 14.4 Å². The summed E-state index contributed by atoms with van der Waals surface area (Å²) in [7, 11) is 0. The number of esters is 3. The molecule has 0 aliphatic heterocycles. The Balaban J connectivity index is 4.13. The minimum Gasteiger partial charge on any atom is -0.462 e. The van der Waals surface area contributed by atoms with Crippen LogP contribution in [0.3, 0.4) is 0 Å². The van der Waals surface area contributed by atoms with E-state index in [1.54, 1.807) is 0 Å². The fraction of sp³-hybridized carbons (Fsp3) is 0.939. The summed E-state index contributed by atoms with van der Waals surface area (Å²) in [6, 6.07) is 0. The first-order valence-electron chi connectivity index (χ1n) is 24.3. The van der Waals surface area contributed by atoms with Crippen molar-refractivity contribution in [2.45, 2.75) is 272 Å². The van der Waals surface area contributed by atoms with E-state index >= 15 is 0 Å². The van der Waals surface area contributed by atoms with Gasteiger partial charge in [-0.25, -0.2) is 0 Å². The summed E-state index contributed by atoms with van der Waals surface area (Å²) in [5, 5.41) is 0. The van der Waals surface area contributed by atoms with Gasteiger partial charge in [0.1, 0.15) is 13.2 Å². The Hall–Kier alpha value is -1.59. The van der Waals surface area contributed by atoms with Crippen molar-refractivity contribution in [3.05, 3.63) is 0 Å². The predicted molar refractivity (Wildman–Crippen MR) is 233 cm³/mol. The first-order chi connectivity index (χ1) is 26.8. The van der Waals surface area contributed by atoms with Gasteiger partial charge in [0, 0.05) is 19.3 Å². The lowest BCUT2D eigenvalue weighted by molar-refractivity contribution is -0.167. The van der Waals surface area contributed by atoms with Crippen molar-refractivity contribution in [2.24, 2.45) is 11.8 Å². The third-order valence-corrected chi connectivity index (χ3v) is 11.3. The van der Waals surface area contributed by atoms with Crippen molar-refractivity contribution in [1.29, 1.82) is 0 Å². The average Bonchev–Trinajstić information content (AvgIpc) is 3.17. The van der Waals surface area contributed by atoms with Crippen LogP contribution in [0.2, 0.25) is 0 Å². The van der Waals surface area contributed by atoms with Gasteiger partial charge in [0.25, 0.3) is 0 Å². The van der Waals surface area contributed by atoms with Gasteiger partial charge >= 0.3 is 17.9 Å². The molecule has 0 aromatic carbocycles. The van der Waals surface area contributed by atoms with Crippen LogP contribution in [0.25, 0.3) is 0 Å². The first-order valence-corrected chi connectivity index (χ1v) is 24.3. The molecule has 0 aromatic rings. The average molecular weight is 779 g/mol. The zero-order valence-corrected chi connectivity index (χ0v) is 37.6. The van der Waals surface area contributed by atoms with Gasteiger partial charge < -0.3 is 14.2 Å². The van der Waals surface area contributed by atoms with Crippen molar-refractivity contribution < 1.29 is 28.6 Å². The van der Waals surface area contributed by atoms with E-state index in [-0.39, 0.29) is 31.1 Å². The maximum atomic E-state index is 12.7. The van der Waals surface area contributed by atoms with Gasteiger partial charge in [0.2, 0.25) is 0 Å². The second-order valence-corrected chi connectivity index (χ2v) is 17.5. The molecule has 0 N–H and O–H groups in total. The van der Waals surface area contributed by atoms with Crippen molar-refractivity contribution in [3.8, 4) is 0 Å². The molecule has 0 saturated carbocycles. The number of unbranched alkanes of at least 4 members (excludes halogenated alkanes) is 27. The number of rotatable bonds is 43. The maximum absolute atomic E-state index is 12.7. The van der Waals surface area contributed by atoms with E-state index in [9.17, 15) is 14.4 Å². The second kappa shape index (κ2) is 42.0. The monoisotopic (exact) mass is 779 g/mol. The summed E-state index contributed by atoms with van der Waals surface area (Å²) >= 11 is 0. The lowest BCUT2D eigenvalue weighted by Gasteiger charge is -2.18. The summed E-state index contributed by atoms with van der Waals surface area (Å²) in [4.78, 5) is 37.6. The molecule has 55 heavy (non-hydrogen) atoms. The van der Waals surface area contributed by atoms with Crippen LogP contribution >= 0.6 is 0 Å². The molecule has 2 atom stereocenters. The zero-order valence-electron chi connectivity index (χ0n) is 37.6. The highest BCUT2D eigenvalue weighted by atomic mass is 16.6. The van der Waals surface area contributed by atoms with Gasteiger partial charge in [-0.05, 0) is 31.1 Å². The smallest absolute Gasteiger partial charge is 0.306 e. The summed E-state index contributed by atoms with van der Waals surface area (Å²) < 4.78 is 16.6. The quantitative estimate of drug-likeness (QED) is 0.0348. The van der Waals surface area contributed by atoms with Gasteiger partial charge in [0.15, 0.2) is 6.10 Å². The topological polar surface area (TPSA) is 78.9 Å². The zero-order chi connectivity index (χ0) is 40.5. The predicted octanol–water partition coefficient (Wildman–Crippen LogP) is 15.4. The Bertz CT molecular complexity index is 841. The van der Waals surface area contributed by atoms with Crippen LogP contribution in [0.15, 0.2) is 0 Å². The molecule has 0 aromatic heterocycles. The summed E-state index contributed by atoms with van der Waals surface area (Å²) in [6.45, 7) is 11.3. The molecular weight excluding hydrogens is 685 g/mol. The third-order valence-electron chi connectivity index (χ3n) is 11.3. The number of carbonyl (C=O) groups excluding carboxylic acids is 3. The number of hydrogen-bond donors (Lipinski definition) is 0. The largest absolute Gasteiger partial charge is 0.462 e. The lowest BCUT2D eigenvalue weighted by atomic mass is 9.99. The molecule has 6 nitrogen and oxygen atoms in total. The van der Waals surface area contributed by atoms with Crippen LogP contribution in [-0.4, -0.2) is 37.2 Å². The number of carbonyl (C=O) groups is 3. The number of ether oxygens (including phenoxy) is 3. The van der Waals surface area contributed by atoms with E-state index in [2.05, 4.69) is 34.6 Å². The van der Waals surface area contributed by atoms with Gasteiger partial charge in [-0.2, -0.15) is 0 Å². The standard InChI is InChI=1S/C49H94O6/c1-6-8-9-27-34-39-47(50)53-42-46(55-49(52)41-36-31-26-22-18-17-20-24-29-33-38-45(5)7-2)43-54-48(51)40-35-30-25-21-16-14-12-10-11-13-15-19-23-28-32-37-44(3)4/h44-46H,6-43H2,1-5H3/t45?,46-/m1/s1. The molecule has 0 heterocycles. The van der Waals surface area contributed by atoms with E-state index < -0.39 is 6.10 Å². The van der Waals surface area contributed by atoms with E-state index in [0.29, 0.717) is 19.3 Å². The number of hydrogen-bond acceptors (Lipinski definition) is 6. The van der Waals surface area contributed by atoms with Gasteiger partial charge in [-0.1, -0.05) is 227 Å². The van der Waals surface area contributed by atoms with Crippen molar-refractivity contribution in [1.82, 2.24) is 0 Å². The van der Waals surface area contributed by atoms with Crippen LogP contribution in [0.1, 0.15) is 266 Å². The van der Waals surface area contributed by atoms with Gasteiger partial charge in [0.05, 0.1) is 0 Å². The van der Waals surface area contributed by atoms with E-state index in [1.807, 2.05) is 0 Å². The lowest BCUT2D eigenvalue weighted by Crippen LogP contribution is -2.30. The Kier molecular flexibility index (Phi) is 40.8. The fourth-order valence-corrected chi connectivity index (χ4v) is 7.25. The van der Waals surface area contributed by atoms with Gasteiger partial charge in [-0.15, -0.1) is 0 Å². The van der Waals surface area contributed by atoms with E-state index in [0.717, 1.165) is 76.0 Å². The second-order valence-electron chi connectivity index (χ2n) is 17.5. The first kappa shape index (κ1) is 53.4. The van der Waals surface area contributed by atoms with Crippen LogP contribution in [0.4, 0.5) is 0 Å². The molecule has 6 heteroatoms. The molecule has 0 amide bonds. The highest BCUT2D eigenvalue weighted by molar-refractivity contribution is 5.71. The van der Waals surface area contributed by atoms with Crippen molar-refractivity contribution in [3.63, 3.8) is 0 Å². The van der Waals surface area contributed by atoms with Crippen molar-refractivity contribution in [2.75, 3.05) is 13.2 Å². The molecule has 0 fully saturated rings. The van der Waals surface area contributed by atoms with Crippen molar-refractivity contribution >= 4 is 17.9 Å². The molecule has 1 unspecified atom stereocenters. The summed E-state index contributed by atoms with van der Waals surface area (Å²) in [5.74, 6) is 0.850. The van der Waals surface area contributed by atoms with E-state index in [1.165, 1.54) is 148 Å². The summed E-state index contributed by atoms with van der Waals surface area (Å²) in [5.41, 5.74) is 0. The van der Waals surface area contributed by atoms with Crippen LogP contribution in [0.5, 0.6) is 0 Å². The molecule has 0 rings (SSSR count). The fourth-order valence-electron chi connectivity index (χ4n) is 7.25. The van der Waals surface area contributed by atoms with E-state index in [4.69, 9.17) is 14.2 Å². The Morgan fingerprint density at radius 1 is 0.382 bits per heavy atom. The SMILES string of the molecule is CCCCCCCC(=O)OC[C@H](COC(=O)CCCCCCCCCCCCCCCCCC(C)C)OC(=O)CCCCCCCCCCCCC(C)CC. The molecular formula is C49H94O6. The minimum absolute atomic E-state index is 0.0652. The highest BCUT2D eigenvalue weighted by Crippen LogP contribution is 2.17. The molecule has 0 aliphatic rings. The third kappa shape index (κ3) is 41.9. The van der Waals surface area contributed by atoms with Crippen LogP contribution in [-0.2, 0) is 28.6 Å². The maximum Gasteiger partial charge on any atom is 0.306 e. The Labute approximate surface area is 342 Å². The molecule has 0 saturated heterocycles. The molecule has 326 valence electrons. The van der Waals surface area contributed by atoms with Crippen LogP contribution in [0, 0.1) is 11.8 Å². The molecule has 0 aliphatic carbocycles. The van der Waals surface area contributed by atoms with Crippen LogP contribution < -0.4 is 0 Å². The summed E-state index contributed by atoms with van der Waals surface area (Å²) in [6.07, 6.45) is 41.1. The molecule has 0 spiro atoms. The minimum atomic E-state index is -0.759. The normalized spacial score (nSPS) is 12.5. The Morgan fingerprint density at radius 3 is 1.04 bits per heavy atom. The molecule has 0 radical (unpaired) electrons. The molecule has 0 bridgehead atoms. The highest BCUT2D eigenvalue weighted by Gasteiger charge is 2.19.